The Morgan fingerprint density at radius 3 is 2.93 bits per heavy atom. The number of rotatable bonds is 3. The Hall–Kier alpha value is -2.24. The van der Waals surface area contributed by atoms with Crippen LogP contribution in [0.1, 0.15) is 12.5 Å². The topological polar surface area (TPSA) is 84.6 Å². The summed E-state index contributed by atoms with van der Waals surface area (Å²) in [5, 5.41) is 14.0. The van der Waals surface area contributed by atoms with Crippen molar-refractivity contribution in [1.29, 1.82) is 0 Å². The minimum Gasteiger partial charge on any atom is -0.274 e. The second kappa shape index (κ2) is 4.85. The highest BCUT2D eigenvalue weighted by Crippen LogP contribution is 2.11. The maximum absolute atomic E-state index is 10.5. The summed E-state index contributed by atoms with van der Waals surface area (Å²) in [4.78, 5) is 20.4. The van der Waals surface area contributed by atoms with Gasteiger partial charge in [0.25, 0.3) is 5.69 Å². The molecule has 0 aliphatic heterocycles. The Labute approximate surface area is 85.8 Å². The molecule has 0 atom stereocenters. The van der Waals surface area contributed by atoms with Gasteiger partial charge in [-0.1, -0.05) is 12.1 Å². The van der Waals surface area contributed by atoms with Crippen LogP contribution in [0.5, 0.6) is 0 Å². The van der Waals surface area contributed by atoms with Crippen LogP contribution in [0.3, 0.4) is 0 Å². The molecule has 78 valence electrons. The zero-order valence-corrected chi connectivity index (χ0v) is 8.01. The molecule has 0 heterocycles. The highest BCUT2D eigenvalue weighted by atomic mass is 16.6. The normalized spacial score (nSPS) is 10.2. The Bertz CT molecular complexity index is 415. The summed E-state index contributed by atoms with van der Waals surface area (Å²) in [6, 6.07) is 5.95. The first-order valence-electron chi connectivity index (χ1n) is 4.13. The number of amides is 1. The molecule has 0 fully saturated rings. The number of non-ortho nitro benzene ring substituents is 1. The molecule has 0 bridgehead atoms. The average Bonchev–Trinajstić information content (AvgIpc) is 2.17. The summed E-state index contributed by atoms with van der Waals surface area (Å²) < 4.78 is 0. The van der Waals surface area contributed by atoms with Crippen molar-refractivity contribution in [3.63, 3.8) is 0 Å². The number of nitro benzene ring substituents is 1. The number of benzene rings is 1. The molecule has 0 aliphatic carbocycles. The summed E-state index contributed by atoms with van der Waals surface area (Å²) in [6.07, 6.45) is 1.34. The molecule has 0 radical (unpaired) electrons. The molecule has 0 unspecified atom stereocenters. The van der Waals surface area contributed by atoms with E-state index >= 15 is 0 Å². The molecular weight excluding hydrogens is 198 g/mol. The second-order valence-electron chi connectivity index (χ2n) is 2.78. The average molecular weight is 207 g/mol. The quantitative estimate of drug-likeness (QED) is 0.457. The van der Waals surface area contributed by atoms with Gasteiger partial charge in [0.1, 0.15) is 0 Å². The highest BCUT2D eigenvalue weighted by molar-refractivity contribution is 5.82. The smallest absolute Gasteiger partial charge is 0.270 e. The van der Waals surface area contributed by atoms with Gasteiger partial charge < -0.3 is 0 Å². The molecule has 0 aliphatic rings. The van der Waals surface area contributed by atoms with Gasteiger partial charge in [-0.05, 0) is 0 Å². The molecule has 1 aromatic carbocycles. The molecule has 6 heteroatoms. The second-order valence-corrected chi connectivity index (χ2v) is 2.78. The fourth-order valence-corrected chi connectivity index (χ4v) is 0.916. The van der Waals surface area contributed by atoms with Crippen LogP contribution >= 0.6 is 0 Å². The predicted octanol–water partition coefficient (Wildman–Crippen LogP) is 1.06. The molecule has 0 spiro atoms. The molecular formula is C9H9N3O3. The maximum Gasteiger partial charge on any atom is 0.270 e. The van der Waals surface area contributed by atoms with Gasteiger partial charge in [-0.3, -0.25) is 14.9 Å². The van der Waals surface area contributed by atoms with Crippen molar-refractivity contribution in [3.8, 4) is 0 Å². The molecule has 1 N–H and O–H groups in total. The fourth-order valence-electron chi connectivity index (χ4n) is 0.916. The van der Waals surface area contributed by atoms with E-state index in [0.717, 1.165) is 0 Å². The third kappa shape index (κ3) is 3.55. The van der Waals surface area contributed by atoms with Gasteiger partial charge in [0.2, 0.25) is 5.91 Å². The summed E-state index contributed by atoms with van der Waals surface area (Å²) in [5.74, 6) is -0.295. The van der Waals surface area contributed by atoms with E-state index in [2.05, 4.69) is 10.5 Å². The van der Waals surface area contributed by atoms with Crippen molar-refractivity contribution in [2.45, 2.75) is 6.92 Å². The van der Waals surface area contributed by atoms with Crippen LogP contribution in [-0.2, 0) is 4.79 Å². The van der Waals surface area contributed by atoms with Crippen molar-refractivity contribution in [3.05, 3.63) is 39.9 Å². The first-order chi connectivity index (χ1) is 7.09. The summed E-state index contributed by atoms with van der Waals surface area (Å²) in [5.41, 5.74) is 2.74. The minimum atomic E-state index is -0.490. The van der Waals surface area contributed by atoms with Crippen molar-refractivity contribution in [2.24, 2.45) is 5.10 Å². The zero-order chi connectivity index (χ0) is 11.3. The standard InChI is InChI=1S/C9H9N3O3/c1-7(13)11-10-6-8-3-2-4-9(5-8)12(14)15/h2-6H,1H3,(H,11,13). The van der Waals surface area contributed by atoms with Gasteiger partial charge in [0, 0.05) is 24.6 Å². The molecule has 6 nitrogen and oxygen atoms in total. The Morgan fingerprint density at radius 1 is 1.60 bits per heavy atom. The van der Waals surface area contributed by atoms with E-state index in [-0.39, 0.29) is 11.6 Å². The third-order valence-electron chi connectivity index (χ3n) is 1.52. The lowest BCUT2D eigenvalue weighted by molar-refractivity contribution is -0.384. The first-order valence-corrected chi connectivity index (χ1v) is 4.13. The van der Waals surface area contributed by atoms with E-state index in [1.807, 2.05) is 0 Å². The van der Waals surface area contributed by atoms with Crippen molar-refractivity contribution in [2.75, 3.05) is 0 Å². The lowest BCUT2D eigenvalue weighted by Gasteiger charge is -1.94. The Kier molecular flexibility index (Phi) is 3.50. The molecule has 0 saturated carbocycles. The summed E-state index contributed by atoms with van der Waals surface area (Å²) in [6.45, 7) is 1.32. The predicted molar refractivity (Wildman–Crippen MR) is 54.5 cm³/mol. The van der Waals surface area contributed by atoms with E-state index in [4.69, 9.17) is 0 Å². The van der Waals surface area contributed by atoms with Crippen LogP contribution in [0.2, 0.25) is 0 Å². The lowest BCUT2D eigenvalue weighted by Crippen LogP contribution is -2.12. The number of carbonyl (C=O) groups is 1. The number of nitrogens with one attached hydrogen (secondary N) is 1. The van der Waals surface area contributed by atoms with E-state index in [9.17, 15) is 14.9 Å². The van der Waals surface area contributed by atoms with Gasteiger partial charge in [-0.15, -0.1) is 0 Å². The number of hydrogen-bond acceptors (Lipinski definition) is 4. The molecule has 15 heavy (non-hydrogen) atoms. The molecule has 1 amide bonds. The van der Waals surface area contributed by atoms with Gasteiger partial charge >= 0.3 is 0 Å². The number of nitro groups is 1. The zero-order valence-electron chi connectivity index (χ0n) is 8.01. The Balaban J connectivity index is 2.78. The maximum atomic E-state index is 10.5. The molecule has 1 rings (SSSR count). The van der Waals surface area contributed by atoms with Crippen molar-refractivity contribution < 1.29 is 9.72 Å². The largest absolute Gasteiger partial charge is 0.274 e. The first kappa shape index (κ1) is 10.8. The van der Waals surface area contributed by atoms with E-state index in [1.54, 1.807) is 12.1 Å². The van der Waals surface area contributed by atoms with Gasteiger partial charge in [0.15, 0.2) is 0 Å². The summed E-state index contributed by atoms with van der Waals surface area (Å²) >= 11 is 0. The summed E-state index contributed by atoms with van der Waals surface area (Å²) in [7, 11) is 0. The molecule has 0 saturated heterocycles. The van der Waals surface area contributed by atoms with E-state index in [1.165, 1.54) is 25.3 Å². The van der Waals surface area contributed by atoms with Crippen LogP contribution in [0, 0.1) is 10.1 Å². The molecule has 1 aromatic rings. The lowest BCUT2D eigenvalue weighted by atomic mass is 10.2. The van der Waals surface area contributed by atoms with Crippen molar-refractivity contribution in [1.82, 2.24) is 5.43 Å². The SMILES string of the molecule is CC(=O)NN=Cc1cccc([N+](=O)[O-])c1. The van der Waals surface area contributed by atoms with Gasteiger partial charge in [-0.2, -0.15) is 5.10 Å². The monoisotopic (exact) mass is 207 g/mol. The fraction of sp³-hybridized carbons (Fsp3) is 0.111. The van der Waals surface area contributed by atoms with Crippen LogP contribution in [0.15, 0.2) is 29.4 Å². The van der Waals surface area contributed by atoms with Crippen LogP contribution in [0.25, 0.3) is 0 Å². The van der Waals surface area contributed by atoms with Crippen molar-refractivity contribution >= 4 is 17.8 Å². The number of hydrazone groups is 1. The Morgan fingerprint density at radius 2 is 2.33 bits per heavy atom. The van der Waals surface area contributed by atoms with Crippen LogP contribution < -0.4 is 5.43 Å². The van der Waals surface area contributed by atoms with Gasteiger partial charge in [0.05, 0.1) is 11.1 Å². The number of nitrogens with zero attached hydrogens (tertiary/aromatic N) is 2. The number of carbonyl (C=O) groups excluding carboxylic acids is 1. The number of hydrogen-bond donors (Lipinski definition) is 1. The molecule has 0 aromatic heterocycles. The third-order valence-corrected chi connectivity index (χ3v) is 1.52. The minimum absolute atomic E-state index is 0.0122. The van der Waals surface area contributed by atoms with Crippen LogP contribution in [0.4, 0.5) is 5.69 Å². The highest BCUT2D eigenvalue weighted by Gasteiger charge is 2.03. The van der Waals surface area contributed by atoms with E-state index in [0.29, 0.717) is 5.56 Å². The van der Waals surface area contributed by atoms with Gasteiger partial charge in [-0.25, -0.2) is 5.43 Å². The van der Waals surface area contributed by atoms with Crippen LogP contribution in [-0.4, -0.2) is 17.0 Å². The van der Waals surface area contributed by atoms with E-state index < -0.39 is 4.92 Å².